The first-order valence-corrected chi connectivity index (χ1v) is 19.3. The summed E-state index contributed by atoms with van der Waals surface area (Å²) < 4.78 is -0.675. The van der Waals surface area contributed by atoms with Gasteiger partial charge in [0.2, 0.25) is 0 Å². The van der Waals surface area contributed by atoms with Crippen molar-refractivity contribution in [1.82, 2.24) is 0 Å². The van der Waals surface area contributed by atoms with Crippen LogP contribution in [0.1, 0.15) is 155 Å². The summed E-state index contributed by atoms with van der Waals surface area (Å²) in [5.41, 5.74) is 1.11. The van der Waals surface area contributed by atoms with E-state index >= 15 is 0 Å². The first-order chi connectivity index (χ1) is 17.5. The average molecular weight is 560 g/mol. The van der Waals surface area contributed by atoms with Crippen LogP contribution in [0, 0.1) is 0 Å². The molecule has 212 valence electrons. The summed E-state index contributed by atoms with van der Waals surface area (Å²) in [6, 6.07) is 10.4. The van der Waals surface area contributed by atoms with Gasteiger partial charge in [-0.2, -0.15) is 0 Å². The van der Waals surface area contributed by atoms with Gasteiger partial charge in [-0.25, -0.2) is 0 Å². The SMILES string of the molecule is CCCCCCCCCCCCCCCCCCCCCC[PH](CC)(CC)C(Cl)(Cl)c1ccccc1. The van der Waals surface area contributed by atoms with E-state index in [1.807, 2.05) is 6.07 Å². The first-order valence-electron chi connectivity index (χ1n) is 16.0. The fraction of sp³-hybridized carbons (Fsp3) is 0.818. The monoisotopic (exact) mass is 558 g/mol. The van der Waals surface area contributed by atoms with E-state index in [-0.39, 0.29) is 0 Å². The Balaban J connectivity index is 1.99. The van der Waals surface area contributed by atoms with Gasteiger partial charge in [-0.1, -0.05) is 64.7 Å². The van der Waals surface area contributed by atoms with Crippen molar-refractivity contribution in [2.24, 2.45) is 0 Å². The third-order valence-corrected chi connectivity index (χ3v) is 17.1. The van der Waals surface area contributed by atoms with Gasteiger partial charge >= 0.3 is 173 Å². The average Bonchev–Trinajstić information content (AvgIpc) is 2.90. The Kier molecular flexibility index (Phi) is 21.0. The molecule has 0 N–H and O–H groups in total. The summed E-state index contributed by atoms with van der Waals surface area (Å²) in [5.74, 6) is 0. The fourth-order valence-corrected chi connectivity index (χ4v) is 12.4. The molecule has 0 unspecified atom stereocenters. The van der Waals surface area contributed by atoms with E-state index in [0.717, 1.165) is 17.9 Å². The van der Waals surface area contributed by atoms with Crippen LogP contribution in [0.15, 0.2) is 30.3 Å². The van der Waals surface area contributed by atoms with Gasteiger partial charge in [0.15, 0.2) is 0 Å². The summed E-state index contributed by atoms with van der Waals surface area (Å²) in [4.78, 5) is 0. The van der Waals surface area contributed by atoms with E-state index in [9.17, 15) is 0 Å². The maximum absolute atomic E-state index is 7.10. The first kappa shape index (κ1) is 34.3. The fourth-order valence-electron chi connectivity index (χ4n) is 5.88. The van der Waals surface area contributed by atoms with Crippen LogP contribution >= 0.6 is 30.5 Å². The van der Waals surface area contributed by atoms with E-state index < -0.39 is 11.3 Å². The van der Waals surface area contributed by atoms with Gasteiger partial charge in [0.05, 0.1) is 0 Å². The van der Waals surface area contributed by atoms with Gasteiger partial charge in [0.25, 0.3) is 0 Å². The van der Waals surface area contributed by atoms with Crippen molar-refractivity contribution in [2.75, 3.05) is 18.5 Å². The number of unbranched alkanes of at least 4 members (excludes halogenated alkanes) is 19. The topological polar surface area (TPSA) is 0 Å². The Hall–Kier alpha value is 0.230. The summed E-state index contributed by atoms with van der Waals surface area (Å²) in [5, 5.41) is 0. The second-order valence-corrected chi connectivity index (χ2v) is 18.6. The van der Waals surface area contributed by atoms with Crippen LogP contribution in [0.5, 0.6) is 0 Å². The Bertz CT molecular complexity index is 597. The zero-order valence-corrected chi connectivity index (χ0v) is 26.9. The third-order valence-electron chi connectivity index (χ3n) is 8.66. The van der Waals surface area contributed by atoms with Crippen molar-refractivity contribution >= 4 is 30.5 Å². The molecule has 0 aliphatic heterocycles. The van der Waals surface area contributed by atoms with Gasteiger partial charge in [-0.05, 0) is 0 Å². The molecule has 1 rings (SSSR count). The van der Waals surface area contributed by atoms with Gasteiger partial charge in [0.1, 0.15) is 0 Å². The van der Waals surface area contributed by atoms with Gasteiger partial charge in [-0.15, -0.1) is 0 Å². The molecular formula is C33H61Cl2P. The van der Waals surface area contributed by atoms with Crippen molar-refractivity contribution in [1.29, 1.82) is 0 Å². The van der Waals surface area contributed by atoms with Crippen LogP contribution in [-0.4, -0.2) is 18.5 Å². The number of halogens is 2. The molecule has 0 amide bonds. The maximum atomic E-state index is 7.10. The third kappa shape index (κ3) is 13.9. The molecule has 1 aromatic rings. The quantitative estimate of drug-likeness (QED) is 0.0635. The summed E-state index contributed by atoms with van der Waals surface area (Å²) >= 11 is 14.2. The molecule has 3 heteroatoms. The van der Waals surface area contributed by atoms with Gasteiger partial charge in [-0.3, -0.25) is 0 Å². The Morgan fingerprint density at radius 3 is 1.17 bits per heavy atom. The van der Waals surface area contributed by atoms with Crippen molar-refractivity contribution < 1.29 is 0 Å². The second-order valence-electron chi connectivity index (χ2n) is 11.4. The van der Waals surface area contributed by atoms with Crippen molar-refractivity contribution in [3.05, 3.63) is 35.9 Å². The predicted octanol–water partition coefficient (Wildman–Crippen LogP) is 12.9. The Labute approximate surface area is 237 Å². The van der Waals surface area contributed by atoms with Gasteiger partial charge < -0.3 is 0 Å². The molecule has 0 spiro atoms. The summed E-state index contributed by atoms with van der Waals surface area (Å²) in [6.07, 6.45) is 32.1. The van der Waals surface area contributed by atoms with Gasteiger partial charge in [0, 0.05) is 0 Å². The Morgan fingerprint density at radius 2 is 0.833 bits per heavy atom. The molecule has 0 aromatic heterocycles. The zero-order valence-electron chi connectivity index (χ0n) is 24.4. The normalized spacial score (nSPS) is 12.8. The van der Waals surface area contributed by atoms with Crippen molar-refractivity contribution in [2.45, 2.75) is 153 Å². The minimum atomic E-state index is -1.79. The van der Waals surface area contributed by atoms with Crippen LogP contribution in [-0.2, 0) is 4.07 Å². The molecule has 0 radical (unpaired) electrons. The number of rotatable bonds is 25. The molecule has 0 atom stereocenters. The van der Waals surface area contributed by atoms with Crippen LogP contribution < -0.4 is 0 Å². The molecule has 0 saturated heterocycles. The number of hydrogen-bond acceptors (Lipinski definition) is 0. The van der Waals surface area contributed by atoms with Crippen LogP contribution in [0.4, 0.5) is 0 Å². The summed E-state index contributed by atoms with van der Waals surface area (Å²) in [7, 11) is -1.79. The van der Waals surface area contributed by atoms with Crippen LogP contribution in [0.25, 0.3) is 0 Å². The number of hydrogen-bond donors (Lipinski definition) is 0. The summed E-state index contributed by atoms with van der Waals surface area (Å²) in [6.45, 7) is 6.93. The minimum absolute atomic E-state index is 0.675. The second kappa shape index (κ2) is 22.1. The molecule has 1 aromatic carbocycles. The molecule has 0 fully saturated rings. The van der Waals surface area contributed by atoms with E-state index in [1.54, 1.807) is 0 Å². The number of benzene rings is 1. The van der Waals surface area contributed by atoms with E-state index in [2.05, 4.69) is 45.0 Å². The molecule has 0 bridgehead atoms. The number of alkyl halides is 2. The van der Waals surface area contributed by atoms with Crippen molar-refractivity contribution in [3.8, 4) is 0 Å². The molecule has 36 heavy (non-hydrogen) atoms. The zero-order chi connectivity index (χ0) is 26.4. The van der Waals surface area contributed by atoms with Crippen LogP contribution in [0.2, 0.25) is 0 Å². The molecule has 0 saturated carbocycles. The molecule has 0 heterocycles. The predicted molar refractivity (Wildman–Crippen MR) is 172 cm³/mol. The molecular weight excluding hydrogens is 498 g/mol. The van der Waals surface area contributed by atoms with Crippen LogP contribution in [0.3, 0.4) is 0 Å². The van der Waals surface area contributed by atoms with E-state index in [1.165, 1.54) is 135 Å². The molecule has 0 aliphatic rings. The van der Waals surface area contributed by atoms with E-state index in [0.29, 0.717) is 0 Å². The van der Waals surface area contributed by atoms with E-state index in [4.69, 9.17) is 23.2 Å². The molecule has 0 aliphatic carbocycles. The standard InChI is InChI=1S/C33H61Cl2P/c1-4-7-8-9-10-11-12-13-14-15-16-17-18-19-20-21-22-23-24-28-31-36(5-2,6-3)33(34,35)32-29-26-25-27-30-32/h25-27,29-30,36H,4-24,28,31H2,1-3H3. The molecule has 0 nitrogen and oxygen atoms in total. The van der Waals surface area contributed by atoms with Crippen molar-refractivity contribution in [3.63, 3.8) is 0 Å². The Morgan fingerprint density at radius 1 is 0.500 bits per heavy atom.